The fourth-order valence-electron chi connectivity index (χ4n) is 0.516. The number of hydrogen-bond acceptors (Lipinski definition) is 2. The Balaban J connectivity index is 3.48. The minimum absolute atomic E-state index is 0.420. The Morgan fingerprint density at radius 2 is 2.00 bits per heavy atom. The Morgan fingerprint density at radius 3 is 2.33 bits per heavy atom. The molecule has 0 amide bonds. The molecule has 0 spiro atoms. The van der Waals surface area contributed by atoms with Crippen LogP contribution < -0.4 is 0 Å². The van der Waals surface area contributed by atoms with E-state index in [1.54, 1.807) is 0 Å². The van der Waals surface area contributed by atoms with E-state index in [-0.39, 0.29) is 0 Å². The lowest BCUT2D eigenvalue weighted by atomic mass is 10.2. The van der Waals surface area contributed by atoms with Crippen LogP contribution in [0, 0.1) is 6.92 Å². The highest BCUT2D eigenvalue weighted by Gasteiger charge is 1.89. The molecule has 0 fully saturated rings. The SMILES string of the molecule is [CH2]CON=C(CC)CC. The monoisotopic (exact) mass is 128 g/mol. The predicted molar refractivity (Wildman–Crippen MR) is 39.3 cm³/mol. The van der Waals surface area contributed by atoms with Crippen molar-refractivity contribution < 1.29 is 4.84 Å². The third kappa shape index (κ3) is 4.01. The summed E-state index contributed by atoms with van der Waals surface area (Å²) in [6.07, 6.45) is 1.94. The molecule has 0 aliphatic heterocycles. The summed E-state index contributed by atoms with van der Waals surface area (Å²) in [4.78, 5) is 4.75. The molecular weight excluding hydrogens is 114 g/mol. The van der Waals surface area contributed by atoms with Crippen LogP contribution in [0.2, 0.25) is 0 Å². The van der Waals surface area contributed by atoms with Gasteiger partial charge in [0.25, 0.3) is 0 Å². The molecule has 9 heavy (non-hydrogen) atoms. The fourth-order valence-corrected chi connectivity index (χ4v) is 0.516. The zero-order chi connectivity index (χ0) is 7.11. The molecule has 0 aliphatic carbocycles. The Morgan fingerprint density at radius 1 is 1.44 bits per heavy atom. The molecule has 53 valence electrons. The summed E-state index contributed by atoms with van der Waals surface area (Å²) in [7, 11) is 0. The Kier molecular flexibility index (Phi) is 5.27. The molecule has 0 atom stereocenters. The molecule has 0 heterocycles. The molecule has 0 aromatic heterocycles. The quantitative estimate of drug-likeness (QED) is 0.419. The first-order valence-corrected chi connectivity index (χ1v) is 3.32. The van der Waals surface area contributed by atoms with Crippen LogP contribution in [0.4, 0.5) is 0 Å². The molecular formula is C7H14NO. The van der Waals surface area contributed by atoms with Gasteiger partial charge in [0.1, 0.15) is 6.61 Å². The first-order valence-electron chi connectivity index (χ1n) is 3.32. The average molecular weight is 128 g/mol. The van der Waals surface area contributed by atoms with Crippen molar-refractivity contribution in [2.75, 3.05) is 6.61 Å². The van der Waals surface area contributed by atoms with Crippen LogP contribution in [0.15, 0.2) is 5.16 Å². The minimum atomic E-state index is 0.420. The second-order valence-electron chi connectivity index (χ2n) is 1.70. The van der Waals surface area contributed by atoms with Crippen LogP contribution >= 0.6 is 0 Å². The smallest absolute Gasteiger partial charge is 0.117 e. The highest BCUT2D eigenvalue weighted by molar-refractivity contribution is 5.83. The number of rotatable bonds is 4. The minimum Gasteiger partial charge on any atom is -0.396 e. The molecule has 1 radical (unpaired) electrons. The van der Waals surface area contributed by atoms with Crippen molar-refractivity contribution in [2.24, 2.45) is 5.16 Å². The van der Waals surface area contributed by atoms with Crippen LogP contribution in [-0.2, 0) is 4.84 Å². The van der Waals surface area contributed by atoms with Gasteiger partial charge in [-0.1, -0.05) is 19.0 Å². The number of oxime groups is 1. The van der Waals surface area contributed by atoms with Gasteiger partial charge in [-0.2, -0.15) is 0 Å². The van der Waals surface area contributed by atoms with E-state index < -0.39 is 0 Å². The lowest BCUT2D eigenvalue weighted by Gasteiger charge is -1.97. The Bertz CT molecular complexity index is 82.9. The summed E-state index contributed by atoms with van der Waals surface area (Å²) >= 11 is 0. The zero-order valence-electron chi connectivity index (χ0n) is 6.18. The summed E-state index contributed by atoms with van der Waals surface area (Å²) in [5, 5.41) is 3.83. The molecule has 0 unspecified atom stereocenters. The van der Waals surface area contributed by atoms with Gasteiger partial charge in [-0.25, -0.2) is 0 Å². The third-order valence-electron chi connectivity index (χ3n) is 1.10. The van der Waals surface area contributed by atoms with Crippen molar-refractivity contribution in [3.05, 3.63) is 6.92 Å². The molecule has 0 saturated heterocycles. The van der Waals surface area contributed by atoms with Crippen LogP contribution in [0.25, 0.3) is 0 Å². The fraction of sp³-hybridized carbons (Fsp3) is 0.714. The van der Waals surface area contributed by atoms with Crippen molar-refractivity contribution in [1.82, 2.24) is 0 Å². The standard InChI is InChI=1S/C7H14NO/c1-4-7(5-2)8-9-6-3/h3-6H2,1-2H3. The molecule has 0 rings (SSSR count). The lowest BCUT2D eigenvalue weighted by Crippen LogP contribution is -1.94. The van der Waals surface area contributed by atoms with Crippen molar-refractivity contribution in [2.45, 2.75) is 26.7 Å². The van der Waals surface area contributed by atoms with Crippen molar-refractivity contribution in [3.63, 3.8) is 0 Å². The largest absolute Gasteiger partial charge is 0.396 e. The normalized spacial score (nSPS) is 8.78. The van der Waals surface area contributed by atoms with Gasteiger partial charge < -0.3 is 4.84 Å². The maximum Gasteiger partial charge on any atom is 0.117 e. The van der Waals surface area contributed by atoms with E-state index in [0.717, 1.165) is 18.6 Å². The van der Waals surface area contributed by atoms with Gasteiger partial charge in [0, 0.05) is 0 Å². The highest BCUT2D eigenvalue weighted by Crippen LogP contribution is 1.91. The zero-order valence-corrected chi connectivity index (χ0v) is 6.18. The van der Waals surface area contributed by atoms with Crippen LogP contribution in [0.1, 0.15) is 26.7 Å². The molecule has 2 nitrogen and oxygen atoms in total. The van der Waals surface area contributed by atoms with Crippen molar-refractivity contribution >= 4 is 5.71 Å². The topological polar surface area (TPSA) is 21.6 Å². The van der Waals surface area contributed by atoms with Gasteiger partial charge in [0.15, 0.2) is 0 Å². The summed E-state index contributed by atoms with van der Waals surface area (Å²) in [5.74, 6) is 0. The first-order chi connectivity index (χ1) is 4.35. The van der Waals surface area contributed by atoms with Gasteiger partial charge in [0.2, 0.25) is 0 Å². The van der Waals surface area contributed by atoms with Gasteiger partial charge in [-0.3, -0.25) is 0 Å². The first kappa shape index (κ1) is 8.47. The summed E-state index contributed by atoms with van der Waals surface area (Å²) in [6.45, 7) is 8.05. The van der Waals surface area contributed by atoms with Gasteiger partial charge >= 0.3 is 0 Å². The molecule has 2 heteroatoms. The summed E-state index contributed by atoms with van der Waals surface area (Å²) < 4.78 is 0. The molecule has 0 aromatic rings. The van der Waals surface area contributed by atoms with Crippen molar-refractivity contribution in [1.29, 1.82) is 0 Å². The van der Waals surface area contributed by atoms with E-state index in [1.165, 1.54) is 0 Å². The number of hydrogen-bond donors (Lipinski definition) is 0. The van der Waals surface area contributed by atoms with E-state index in [2.05, 4.69) is 25.9 Å². The van der Waals surface area contributed by atoms with E-state index >= 15 is 0 Å². The summed E-state index contributed by atoms with van der Waals surface area (Å²) in [5.41, 5.74) is 1.10. The van der Waals surface area contributed by atoms with Gasteiger partial charge in [-0.15, -0.1) is 0 Å². The van der Waals surface area contributed by atoms with E-state index in [9.17, 15) is 0 Å². The van der Waals surface area contributed by atoms with Crippen LogP contribution in [0.5, 0.6) is 0 Å². The second kappa shape index (κ2) is 5.60. The van der Waals surface area contributed by atoms with E-state index in [1.807, 2.05) is 0 Å². The van der Waals surface area contributed by atoms with E-state index in [4.69, 9.17) is 4.84 Å². The van der Waals surface area contributed by atoms with Crippen LogP contribution in [0.3, 0.4) is 0 Å². The average Bonchev–Trinajstić information content (AvgIpc) is 1.91. The Labute approximate surface area is 56.9 Å². The highest BCUT2D eigenvalue weighted by atomic mass is 16.6. The maximum atomic E-state index is 4.75. The molecule has 0 aliphatic rings. The Hall–Kier alpha value is -0.530. The second-order valence-corrected chi connectivity index (χ2v) is 1.70. The van der Waals surface area contributed by atoms with Gasteiger partial charge in [0.05, 0.1) is 5.71 Å². The molecule has 0 saturated carbocycles. The summed E-state index contributed by atoms with van der Waals surface area (Å²) in [6, 6.07) is 0. The lowest BCUT2D eigenvalue weighted by molar-refractivity contribution is 0.172. The molecule has 0 aromatic carbocycles. The van der Waals surface area contributed by atoms with Crippen molar-refractivity contribution in [3.8, 4) is 0 Å². The maximum absolute atomic E-state index is 4.75. The van der Waals surface area contributed by atoms with Gasteiger partial charge in [-0.05, 0) is 19.8 Å². The molecule has 0 N–H and O–H groups in total. The predicted octanol–water partition coefficient (Wildman–Crippen LogP) is 2.01. The third-order valence-corrected chi connectivity index (χ3v) is 1.10. The number of nitrogens with zero attached hydrogens (tertiary/aromatic N) is 1. The van der Waals surface area contributed by atoms with Crippen LogP contribution in [-0.4, -0.2) is 12.3 Å². The van der Waals surface area contributed by atoms with E-state index in [0.29, 0.717) is 6.61 Å². The molecule has 0 bridgehead atoms.